The number of H-pyrrole nitrogens is 1. The molecule has 0 bridgehead atoms. The number of quaternary nitrogens is 1. The van der Waals surface area contributed by atoms with E-state index in [1.165, 1.54) is 9.60 Å². The van der Waals surface area contributed by atoms with Crippen LogP contribution in [0.2, 0.25) is 0 Å². The molecule has 2 aromatic heterocycles. The topological polar surface area (TPSA) is 63.1 Å². The van der Waals surface area contributed by atoms with Crippen LogP contribution in [-0.2, 0) is 6.54 Å². The Hall–Kier alpha value is -2.57. The van der Waals surface area contributed by atoms with Crippen molar-refractivity contribution in [1.82, 2.24) is 15.0 Å². The van der Waals surface area contributed by atoms with Crippen LogP contribution in [0.3, 0.4) is 0 Å². The molecule has 2 aromatic carbocycles. The molecule has 4 aromatic rings. The number of para-hydroxylation sites is 2. The third-order valence-electron chi connectivity index (χ3n) is 4.53. The van der Waals surface area contributed by atoms with Crippen molar-refractivity contribution < 1.29 is 4.90 Å². The Morgan fingerprint density at radius 2 is 1.80 bits per heavy atom. The van der Waals surface area contributed by atoms with Gasteiger partial charge in [0.1, 0.15) is 12.6 Å². The fourth-order valence-corrected chi connectivity index (χ4v) is 4.03. The van der Waals surface area contributed by atoms with Gasteiger partial charge in [-0.1, -0.05) is 24.3 Å². The molecule has 0 fully saturated rings. The van der Waals surface area contributed by atoms with Gasteiger partial charge in [-0.15, -0.1) is 11.3 Å². The molecule has 4 rings (SSSR count). The molecule has 0 amide bonds. The molecule has 0 aliphatic carbocycles. The predicted octanol–water partition coefficient (Wildman–Crippen LogP) is 2.31. The largest absolute Gasteiger partial charge is 0.323 e. The monoisotopic (exact) mass is 351 g/mol. The van der Waals surface area contributed by atoms with E-state index in [1.807, 2.05) is 36.4 Å². The van der Waals surface area contributed by atoms with E-state index >= 15 is 0 Å². The van der Waals surface area contributed by atoms with Gasteiger partial charge >= 0.3 is 0 Å². The Morgan fingerprint density at radius 3 is 2.60 bits per heavy atom. The average molecular weight is 351 g/mol. The van der Waals surface area contributed by atoms with E-state index in [0.717, 1.165) is 16.0 Å². The summed E-state index contributed by atoms with van der Waals surface area (Å²) >= 11 is 1.73. The van der Waals surface area contributed by atoms with Crippen molar-refractivity contribution in [3.8, 4) is 0 Å². The second-order valence-electron chi connectivity index (χ2n) is 6.29. The normalized spacial score (nSPS) is 14.0. The van der Waals surface area contributed by atoms with E-state index < -0.39 is 0 Å². The second kappa shape index (κ2) is 6.38. The Morgan fingerprint density at radius 1 is 1.08 bits per heavy atom. The lowest BCUT2D eigenvalue weighted by atomic mass is 10.2. The summed E-state index contributed by atoms with van der Waals surface area (Å²) < 4.78 is 1.20. The summed E-state index contributed by atoms with van der Waals surface area (Å²) in [5.41, 5.74) is 1.70. The maximum absolute atomic E-state index is 12.2. The Kier molecular flexibility index (Phi) is 4.07. The standard InChI is InChI=1S/C19H18N4OS/c1-12(19-21-15-9-5-6-10-16(15)25-19)23(2)11-17-20-14-8-4-3-7-13(14)18(24)22-17/h3-10,12H,11H2,1-2H3,(H,20,22,24)/p+1/t12-/m0/s1. The number of fused-ring (bicyclic) bond motifs is 2. The fourth-order valence-electron chi connectivity index (χ4n) is 2.92. The highest BCUT2D eigenvalue weighted by molar-refractivity contribution is 7.18. The number of aromatic nitrogens is 3. The molecule has 0 spiro atoms. The summed E-state index contributed by atoms with van der Waals surface area (Å²) in [5.74, 6) is 0.703. The maximum atomic E-state index is 12.2. The number of thiazole rings is 1. The minimum Gasteiger partial charge on any atom is -0.323 e. The van der Waals surface area contributed by atoms with E-state index in [0.29, 0.717) is 17.8 Å². The quantitative estimate of drug-likeness (QED) is 0.593. The lowest BCUT2D eigenvalue weighted by Crippen LogP contribution is -3.07. The second-order valence-corrected chi connectivity index (χ2v) is 7.36. The molecule has 2 heterocycles. The first-order chi connectivity index (χ1) is 12.1. The third-order valence-corrected chi connectivity index (χ3v) is 5.75. The van der Waals surface area contributed by atoms with Gasteiger partial charge in [0.25, 0.3) is 5.56 Å². The molecule has 0 aliphatic heterocycles. The Balaban J connectivity index is 1.60. The van der Waals surface area contributed by atoms with Crippen molar-refractivity contribution in [1.29, 1.82) is 0 Å². The van der Waals surface area contributed by atoms with Crippen molar-refractivity contribution in [2.75, 3.05) is 7.05 Å². The molecule has 126 valence electrons. The van der Waals surface area contributed by atoms with Crippen LogP contribution in [0.4, 0.5) is 0 Å². The van der Waals surface area contributed by atoms with Crippen molar-refractivity contribution >= 4 is 32.5 Å². The highest BCUT2D eigenvalue weighted by atomic mass is 32.1. The number of benzene rings is 2. The molecule has 0 aliphatic rings. The van der Waals surface area contributed by atoms with Crippen LogP contribution >= 0.6 is 11.3 Å². The summed E-state index contributed by atoms with van der Waals surface area (Å²) in [6.45, 7) is 2.80. The smallest absolute Gasteiger partial charge is 0.258 e. The number of hydrogen-bond donors (Lipinski definition) is 2. The van der Waals surface area contributed by atoms with E-state index in [1.54, 1.807) is 17.4 Å². The summed E-state index contributed by atoms with van der Waals surface area (Å²) in [4.78, 5) is 25.7. The third kappa shape index (κ3) is 3.06. The lowest BCUT2D eigenvalue weighted by Gasteiger charge is -2.19. The van der Waals surface area contributed by atoms with Crippen molar-refractivity contribution in [2.24, 2.45) is 0 Å². The molecule has 25 heavy (non-hydrogen) atoms. The zero-order chi connectivity index (χ0) is 17.4. The van der Waals surface area contributed by atoms with Crippen LogP contribution in [-0.4, -0.2) is 22.0 Å². The highest BCUT2D eigenvalue weighted by Crippen LogP contribution is 2.24. The number of hydrogen-bond acceptors (Lipinski definition) is 4. The molecule has 0 saturated carbocycles. The van der Waals surface area contributed by atoms with E-state index in [4.69, 9.17) is 4.98 Å². The van der Waals surface area contributed by atoms with Gasteiger partial charge in [-0.3, -0.25) is 4.79 Å². The Labute approximate surface area is 149 Å². The van der Waals surface area contributed by atoms with Gasteiger partial charge in [-0.25, -0.2) is 9.97 Å². The minimum atomic E-state index is -0.0824. The van der Waals surface area contributed by atoms with Gasteiger partial charge in [-0.2, -0.15) is 0 Å². The molecule has 6 heteroatoms. The lowest BCUT2D eigenvalue weighted by molar-refractivity contribution is -0.924. The summed E-state index contributed by atoms with van der Waals surface area (Å²) in [5, 5.41) is 1.73. The van der Waals surface area contributed by atoms with Gasteiger partial charge < -0.3 is 9.88 Å². The molecular weight excluding hydrogens is 332 g/mol. The van der Waals surface area contributed by atoms with Crippen LogP contribution in [0.15, 0.2) is 53.3 Å². The van der Waals surface area contributed by atoms with Gasteiger partial charge in [-0.05, 0) is 31.2 Å². The summed E-state index contributed by atoms with van der Waals surface area (Å²) in [7, 11) is 2.10. The van der Waals surface area contributed by atoms with E-state index in [9.17, 15) is 4.79 Å². The first-order valence-corrected chi connectivity index (χ1v) is 9.09. The summed E-state index contributed by atoms with van der Waals surface area (Å²) in [6, 6.07) is 15.8. The van der Waals surface area contributed by atoms with Gasteiger partial charge in [0.05, 0.1) is 28.2 Å². The molecule has 0 saturated heterocycles. The first kappa shape index (κ1) is 15.9. The number of nitrogens with zero attached hydrogens (tertiary/aromatic N) is 2. The van der Waals surface area contributed by atoms with Gasteiger partial charge in [0.15, 0.2) is 10.8 Å². The van der Waals surface area contributed by atoms with Crippen LogP contribution in [0.5, 0.6) is 0 Å². The first-order valence-electron chi connectivity index (χ1n) is 8.27. The molecule has 0 radical (unpaired) electrons. The van der Waals surface area contributed by atoms with Crippen LogP contribution in [0.25, 0.3) is 21.1 Å². The zero-order valence-electron chi connectivity index (χ0n) is 14.1. The Bertz CT molecular complexity index is 1070. The minimum absolute atomic E-state index is 0.0824. The maximum Gasteiger partial charge on any atom is 0.258 e. The SMILES string of the molecule is C[C@@H](c1nc2ccccc2s1)[NH+](C)Cc1nc2ccccc2c(=O)[nH]1. The van der Waals surface area contributed by atoms with Crippen molar-refractivity contribution in [3.05, 3.63) is 69.7 Å². The highest BCUT2D eigenvalue weighted by Gasteiger charge is 2.21. The zero-order valence-corrected chi connectivity index (χ0v) is 14.9. The van der Waals surface area contributed by atoms with Crippen LogP contribution < -0.4 is 10.5 Å². The van der Waals surface area contributed by atoms with Crippen LogP contribution in [0.1, 0.15) is 23.8 Å². The molecule has 1 unspecified atom stereocenters. The molecule has 2 atom stereocenters. The molecule has 5 nitrogen and oxygen atoms in total. The van der Waals surface area contributed by atoms with Gasteiger partial charge in [0, 0.05) is 0 Å². The van der Waals surface area contributed by atoms with Crippen molar-refractivity contribution in [3.63, 3.8) is 0 Å². The van der Waals surface area contributed by atoms with E-state index in [2.05, 4.69) is 30.0 Å². The average Bonchev–Trinajstić information content (AvgIpc) is 3.05. The van der Waals surface area contributed by atoms with E-state index in [-0.39, 0.29) is 11.6 Å². The summed E-state index contributed by atoms with van der Waals surface area (Å²) in [6.07, 6.45) is 0. The van der Waals surface area contributed by atoms with Gasteiger partial charge in [0.2, 0.25) is 0 Å². The fraction of sp³-hybridized carbons (Fsp3) is 0.211. The molecule has 2 N–H and O–H groups in total. The number of nitrogens with one attached hydrogen (secondary N) is 2. The molecular formula is C19H19N4OS+. The van der Waals surface area contributed by atoms with Crippen LogP contribution in [0, 0.1) is 0 Å². The van der Waals surface area contributed by atoms with Crippen molar-refractivity contribution in [2.45, 2.75) is 19.5 Å². The number of rotatable bonds is 4. The predicted molar refractivity (Wildman–Crippen MR) is 101 cm³/mol. The number of aromatic amines is 1.